The molecule has 2 saturated heterocycles. The van der Waals surface area contributed by atoms with Gasteiger partial charge in [-0.2, -0.15) is 0 Å². The van der Waals surface area contributed by atoms with Crippen LogP contribution in [0.1, 0.15) is 20.3 Å². The third-order valence-electron chi connectivity index (χ3n) is 4.35. The highest BCUT2D eigenvalue weighted by Crippen LogP contribution is 2.28. The molecular weight excluding hydrogens is 299 g/mol. The first-order valence-electron chi connectivity index (χ1n) is 7.95. The second kappa shape index (κ2) is 6.28. The predicted octanol–water partition coefficient (Wildman–Crippen LogP) is 1.81. The van der Waals surface area contributed by atoms with Gasteiger partial charge in [0.15, 0.2) is 0 Å². The summed E-state index contributed by atoms with van der Waals surface area (Å²) < 4.78 is 19.5. The Morgan fingerprint density at radius 1 is 1.17 bits per heavy atom. The fourth-order valence-electron chi connectivity index (χ4n) is 3.39. The SMILES string of the molecule is CC1CN(C(=O)C2CC(=O)N(c3ccccc3F)C2)CC(C)O1. The van der Waals surface area contributed by atoms with Gasteiger partial charge in [-0.15, -0.1) is 0 Å². The van der Waals surface area contributed by atoms with Crippen molar-refractivity contribution in [2.45, 2.75) is 32.5 Å². The summed E-state index contributed by atoms with van der Waals surface area (Å²) in [5.74, 6) is -1.11. The normalized spacial score (nSPS) is 28.3. The second-order valence-electron chi connectivity index (χ2n) is 6.36. The Kier molecular flexibility index (Phi) is 4.35. The third-order valence-corrected chi connectivity index (χ3v) is 4.35. The number of carbonyl (C=O) groups is 2. The number of ether oxygens (including phenoxy) is 1. The van der Waals surface area contributed by atoms with E-state index in [2.05, 4.69) is 0 Å². The summed E-state index contributed by atoms with van der Waals surface area (Å²) in [6.07, 6.45) is 0.109. The molecule has 2 amide bonds. The van der Waals surface area contributed by atoms with Gasteiger partial charge in [0.1, 0.15) is 5.82 Å². The van der Waals surface area contributed by atoms with Crippen LogP contribution in [0.15, 0.2) is 24.3 Å². The minimum absolute atomic E-state index is 0.0116. The molecule has 3 unspecified atom stereocenters. The Morgan fingerprint density at radius 3 is 2.48 bits per heavy atom. The van der Waals surface area contributed by atoms with E-state index in [0.717, 1.165) is 0 Å². The van der Waals surface area contributed by atoms with Crippen molar-refractivity contribution in [2.75, 3.05) is 24.5 Å². The Labute approximate surface area is 135 Å². The van der Waals surface area contributed by atoms with Crippen LogP contribution in [0.3, 0.4) is 0 Å². The fraction of sp³-hybridized carbons (Fsp3) is 0.529. The molecule has 23 heavy (non-hydrogen) atoms. The number of rotatable bonds is 2. The second-order valence-corrected chi connectivity index (χ2v) is 6.36. The van der Waals surface area contributed by atoms with E-state index in [4.69, 9.17) is 4.74 Å². The minimum atomic E-state index is -0.442. The van der Waals surface area contributed by atoms with Gasteiger partial charge in [-0.05, 0) is 26.0 Å². The number of benzene rings is 1. The maximum atomic E-state index is 13.9. The molecule has 2 aliphatic rings. The van der Waals surface area contributed by atoms with Crippen LogP contribution < -0.4 is 4.90 Å². The summed E-state index contributed by atoms with van der Waals surface area (Å²) in [6.45, 7) is 5.17. The monoisotopic (exact) mass is 320 g/mol. The zero-order valence-electron chi connectivity index (χ0n) is 13.4. The van der Waals surface area contributed by atoms with E-state index in [1.165, 1.54) is 11.0 Å². The molecule has 0 aromatic heterocycles. The first-order chi connectivity index (χ1) is 11.0. The highest BCUT2D eigenvalue weighted by atomic mass is 19.1. The van der Waals surface area contributed by atoms with Crippen LogP contribution in [0.5, 0.6) is 0 Å². The number of hydrogen-bond donors (Lipinski definition) is 0. The van der Waals surface area contributed by atoms with Crippen molar-refractivity contribution in [1.82, 2.24) is 4.90 Å². The van der Waals surface area contributed by atoms with Crippen molar-refractivity contribution in [3.05, 3.63) is 30.1 Å². The molecule has 2 aliphatic heterocycles. The molecular formula is C17H21FN2O3. The maximum Gasteiger partial charge on any atom is 0.228 e. The van der Waals surface area contributed by atoms with Gasteiger partial charge in [-0.3, -0.25) is 9.59 Å². The molecule has 0 aliphatic carbocycles. The topological polar surface area (TPSA) is 49.9 Å². The van der Waals surface area contributed by atoms with E-state index in [0.29, 0.717) is 13.1 Å². The van der Waals surface area contributed by atoms with Gasteiger partial charge in [0.25, 0.3) is 0 Å². The van der Waals surface area contributed by atoms with Crippen molar-refractivity contribution in [1.29, 1.82) is 0 Å². The number of morpholine rings is 1. The van der Waals surface area contributed by atoms with Gasteiger partial charge in [-0.1, -0.05) is 12.1 Å². The van der Waals surface area contributed by atoms with Gasteiger partial charge in [-0.25, -0.2) is 4.39 Å². The molecule has 2 fully saturated rings. The quantitative estimate of drug-likeness (QED) is 0.835. The summed E-state index contributed by atoms with van der Waals surface area (Å²) in [5, 5.41) is 0. The number of amides is 2. The number of anilines is 1. The Bertz CT molecular complexity index is 612. The Hall–Kier alpha value is -1.95. The van der Waals surface area contributed by atoms with Crippen LogP contribution in [-0.2, 0) is 14.3 Å². The van der Waals surface area contributed by atoms with E-state index in [9.17, 15) is 14.0 Å². The lowest BCUT2D eigenvalue weighted by atomic mass is 10.1. The zero-order valence-corrected chi connectivity index (χ0v) is 13.4. The van der Waals surface area contributed by atoms with Gasteiger partial charge >= 0.3 is 0 Å². The number of para-hydroxylation sites is 1. The fourth-order valence-corrected chi connectivity index (χ4v) is 3.39. The van der Waals surface area contributed by atoms with Crippen molar-refractivity contribution >= 4 is 17.5 Å². The van der Waals surface area contributed by atoms with Gasteiger partial charge in [0.05, 0.1) is 23.8 Å². The number of hydrogen-bond acceptors (Lipinski definition) is 3. The average Bonchev–Trinajstić information content (AvgIpc) is 2.88. The van der Waals surface area contributed by atoms with E-state index >= 15 is 0 Å². The van der Waals surface area contributed by atoms with Gasteiger partial charge < -0.3 is 14.5 Å². The lowest BCUT2D eigenvalue weighted by molar-refractivity contribution is -0.147. The van der Waals surface area contributed by atoms with Crippen LogP contribution in [0.2, 0.25) is 0 Å². The average molecular weight is 320 g/mol. The van der Waals surface area contributed by atoms with E-state index in [1.807, 2.05) is 13.8 Å². The number of carbonyl (C=O) groups excluding carboxylic acids is 2. The van der Waals surface area contributed by atoms with Crippen molar-refractivity contribution in [3.63, 3.8) is 0 Å². The summed E-state index contributed by atoms with van der Waals surface area (Å²) in [5.41, 5.74) is 0.247. The molecule has 5 nitrogen and oxygen atoms in total. The molecule has 0 saturated carbocycles. The van der Waals surface area contributed by atoms with E-state index in [-0.39, 0.29) is 42.7 Å². The van der Waals surface area contributed by atoms with Crippen LogP contribution in [0.25, 0.3) is 0 Å². The Morgan fingerprint density at radius 2 is 1.83 bits per heavy atom. The summed E-state index contributed by atoms with van der Waals surface area (Å²) in [4.78, 5) is 28.1. The molecule has 0 spiro atoms. The van der Waals surface area contributed by atoms with E-state index in [1.54, 1.807) is 23.1 Å². The summed E-state index contributed by atoms with van der Waals surface area (Å²) >= 11 is 0. The third kappa shape index (κ3) is 3.22. The first kappa shape index (κ1) is 15.9. The molecule has 6 heteroatoms. The summed E-state index contributed by atoms with van der Waals surface area (Å²) in [6, 6.07) is 6.16. The van der Waals surface area contributed by atoms with Crippen molar-refractivity contribution in [2.24, 2.45) is 5.92 Å². The highest BCUT2D eigenvalue weighted by Gasteiger charge is 2.39. The molecule has 2 heterocycles. The number of nitrogens with zero attached hydrogens (tertiary/aromatic N) is 2. The van der Waals surface area contributed by atoms with Gasteiger partial charge in [0.2, 0.25) is 11.8 Å². The molecule has 0 N–H and O–H groups in total. The molecule has 124 valence electrons. The molecule has 3 atom stereocenters. The smallest absolute Gasteiger partial charge is 0.228 e. The molecule has 1 aromatic carbocycles. The predicted molar refractivity (Wildman–Crippen MR) is 83.4 cm³/mol. The van der Waals surface area contributed by atoms with Crippen molar-refractivity contribution in [3.8, 4) is 0 Å². The Balaban J connectivity index is 1.72. The summed E-state index contributed by atoms with van der Waals surface area (Å²) in [7, 11) is 0. The van der Waals surface area contributed by atoms with Crippen LogP contribution in [-0.4, -0.2) is 48.6 Å². The van der Waals surface area contributed by atoms with E-state index < -0.39 is 11.7 Å². The standard InChI is InChI=1S/C17H21FN2O3/c1-11-8-19(9-12(2)23-11)17(22)13-7-16(21)20(10-13)15-6-4-3-5-14(15)18/h3-6,11-13H,7-10H2,1-2H3. The lowest BCUT2D eigenvalue weighted by Gasteiger charge is -2.36. The highest BCUT2D eigenvalue weighted by molar-refractivity contribution is 6.00. The molecule has 1 aromatic rings. The zero-order chi connectivity index (χ0) is 16.6. The lowest BCUT2D eigenvalue weighted by Crippen LogP contribution is -2.50. The molecule has 3 rings (SSSR count). The molecule has 0 bridgehead atoms. The maximum absolute atomic E-state index is 13.9. The van der Waals surface area contributed by atoms with Crippen molar-refractivity contribution < 1.29 is 18.7 Å². The first-order valence-corrected chi connectivity index (χ1v) is 7.95. The van der Waals surface area contributed by atoms with Gasteiger partial charge in [0, 0.05) is 26.1 Å². The number of halogens is 1. The van der Waals surface area contributed by atoms with Crippen LogP contribution in [0, 0.1) is 11.7 Å². The largest absolute Gasteiger partial charge is 0.372 e. The molecule has 0 radical (unpaired) electrons. The minimum Gasteiger partial charge on any atom is -0.372 e. The van der Waals surface area contributed by atoms with Crippen LogP contribution in [0.4, 0.5) is 10.1 Å². The van der Waals surface area contributed by atoms with Crippen LogP contribution >= 0.6 is 0 Å².